The van der Waals surface area contributed by atoms with Crippen LogP contribution in [0, 0.1) is 5.82 Å². The van der Waals surface area contributed by atoms with Gasteiger partial charge in [-0.1, -0.05) is 35.5 Å². The maximum Gasteiger partial charge on any atom is 0.258 e. The number of nitrogens with zero attached hydrogens (tertiary/aromatic N) is 3. The fourth-order valence-corrected chi connectivity index (χ4v) is 4.37. The van der Waals surface area contributed by atoms with Crippen molar-refractivity contribution >= 4 is 28.6 Å². The maximum absolute atomic E-state index is 13.6. The number of hydrogen-bond acceptors (Lipinski definition) is 5. The molecular formula is C26H21FN4O2S. The van der Waals surface area contributed by atoms with E-state index in [1.165, 1.54) is 12.1 Å². The molecule has 4 aromatic rings. The van der Waals surface area contributed by atoms with Gasteiger partial charge < -0.3 is 14.6 Å². The van der Waals surface area contributed by atoms with Crippen LogP contribution in [-0.2, 0) is 0 Å². The quantitative estimate of drug-likeness (QED) is 0.371. The number of allylic oxidation sites excluding steroid dienone is 1. The van der Waals surface area contributed by atoms with Crippen molar-refractivity contribution in [1.29, 1.82) is 0 Å². The minimum Gasteiger partial charge on any atom is -0.497 e. The Morgan fingerprint density at radius 3 is 2.38 bits per heavy atom. The molecule has 1 aliphatic heterocycles. The summed E-state index contributed by atoms with van der Waals surface area (Å²) in [6.45, 7) is 1.94. The Labute approximate surface area is 201 Å². The highest BCUT2D eigenvalue weighted by molar-refractivity contribution is 7.80. The lowest BCUT2D eigenvalue weighted by molar-refractivity contribution is 0.404. The zero-order chi connectivity index (χ0) is 23.7. The fraction of sp³-hybridized carbons (Fsp3) is 0.115. The van der Waals surface area contributed by atoms with Crippen LogP contribution in [0.2, 0.25) is 0 Å². The largest absolute Gasteiger partial charge is 0.497 e. The van der Waals surface area contributed by atoms with Crippen LogP contribution in [0.1, 0.15) is 24.4 Å². The predicted octanol–water partition coefficient (Wildman–Crippen LogP) is 5.75. The van der Waals surface area contributed by atoms with Gasteiger partial charge in [0, 0.05) is 16.9 Å². The zero-order valence-corrected chi connectivity index (χ0v) is 19.3. The van der Waals surface area contributed by atoms with E-state index in [4.69, 9.17) is 26.5 Å². The number of methoxy groups -OCH3 is 1. The number of nitrogens with one attached hydrogen (secondary N) is 1. The second-order valence-electron chi connectivity index (χ2n) is 7.76. The lowest BCUT2D eigenvalue weighted by atomic mass is 9.94. The van der Waals surface area contributed by atoms with E-state index in [1.807, 2.05) is 66.4 Å². The highest BCUT2D eigenvalue weighted by Gasteiger charge is 2.34. The van der Waals surface area contributed by atoms with Crippen molar-refractivity contribution < 1.29 is 13.7 Å². The Morgan fingerprint density at radius 2 is 1.71 bits per heavy atom. The number of hydrogen-bond donors (Lipinski definition) is 1. The van der Waals surface area contributed by atoms with Gasteiger partial charge >= 0.3 is 0 Å². The molecule has 3 aromatic carbocycles. The third-order valence-corrected chi connectivity index (χ3v) is 6.01. The number of ether oxygens (including phenoxy) is 1. The molecule has 34 heavy (non-hydrogen) atoms. The molecule has 0 radical (unpaired) electrons. The first kappa shape index (κ1) is 21.8. The summed E-state index contributed by atoms with van der Waals surface area (Å²) in [5, 5.41) is 8.12. The average Bonchev–Trinajstić information content (AvgIpc) is 3.35. The van der Waals surface area contributed by atoms with Crippen LogP contribution in [0.4, 0.5) is 10.1 Å². The molecular weight excluding hydrogens is 451 g/mol. The van der Waals surface area contributed by atoms with Crippen molar-refractivity contribution in [1.82, 2.24) is 15.5 Å². The van der Waals surface area contributed by atoms with E-state index in [0.29, 0.717) is 16.8 Å². The van der Waals surface area contributed by atoms with Gasteiger partial charge in [-0.15, -0.1) is 0 Å². The van der Waals surface area contributed by atoms with Crippen LogP contribution < -0.4 is 15.0 Å². The first-order valence-corrected chi connectivity index (χ1v) is 11.1. The highest BCUT2D eigenvalue weighted by atomic mass is 32.1. The van der Waals surface area contributed by atoms with E-state index in [-0.39, 0.29) is 11.9 Å². The first-order chi connectivity index (χ1) is 16.5. The first-order valence-electron chi connectivity index (χ1n) is 10.7. The van der Waals surface area contributed by atoms with Gasteiger partial charge in [0.1, 0.15) is 11.6 Å². The van der Waals surface area contributed by atoms with Crippen molar-refractivity contribution in [3.8, 4) is 17.1 Å². The number of rotatable bonds is 5. The van der Waals surface area contributed by atoms with Crippen molar-refractivity contribution in [2.75, 3.05) is 12.0 Å². The van der Waals surface area contributed by atoms with E-state index < -0.39 is 0 Å². The number of thiocarbonyl (C=S) groups is 1. The lowest BCUT2D eigenvalue weighted by Crippen LogP contribution is -2.46. The summed E-state index contributed by atoms with van der Waals surface area (Å²) >= 11 is 5.71. The molecule has 2 heterocycles. The van der Waals surface area contributed by atoms with E-state index in [9.17, 15) is 4.39 Å². The Morgan fingerprint density at radius 1 is 1.00 bits per heavy atom. The minimum absolute atomic E-state index is 0.297. The van der Waals surface area contributed by atoms with Gasteiger partial charge in [0.15, 0.2) is 5.11 Å². The molecule has 1 aliphatic rings. The van der Waals surface area contributed by atoms with Gasteiger partial charge in [-0.25, -0.2) is 4.39 Å². The van der Waals surface area contributed by atoms with Gasteiger partial charge in [-0.2, -0.15) is 4.98 Å². The Kier molecular flexibility index (Phi) is 5.81. The topological polar surface area (TPSA) is 63.4 Å². The SMILES string of the molecule is COc1ccc(-c2noc(C3=C(C)N(c4ccc(F)cc4)C(=S)NC3c3ccccc3)n2)cc1. The van der Waals surface area contributed by atoms with E-state index in [1.54, 1.807) is 19.2 Å². The molecule has 8 heteroatoms. The molecule has 0 aliphatic carbocycles. The summed E-state index contributed by atoms with van der Waals surface area (Å²) in [7, 11) is 1.62. The third kappa shape index (κ3) is 4.04. The molecule has 1 N–H and O–H groups in total. The Hall–Kier alpha value is -4.04. The standard InChI is InChI=1S/C26H21FN4O2S/c1-16-22(25-29-24(30-33-25)18-8-14-21(32-2)15-9-18)23(17-6-4-3-5-7-17)28-26(34)31(16)20-12-10-19(27)11-13-20/h3-15,23H,1-2H3,(H,28,34). The van der Waals surface area contributed by atoms with Crippen LogP contribution in [0.3, 0.4) is 0 Å². The van der Waals surface area contributed by atoms with Gasteiger partial charge in [0.05, 0.1) is 18.7 Å². The predicted molar refractivity (Wildman–Crippen MR) is 133 cm³/mol. The monoisotopic (exact) mass is 472 g/mol. The van der Waals surface area contributed by atoms with Crippen molar-refractivity contribution in [3.05, 3.63) is 102 Å². The normalized spacial score (nSPS) is 15.9. The summed E-state index contributed by atoms with van der Waals surface area (Å²) in [6.07, 6.45) is 0. The smallest absolute Gasteiger partial charge is 0.258 e. The molecule has 0 saturated carbocycles. The van der Waals surface area contributed by atoms with Gasteiger partial charge in [0.2, 0.25) is 5.82 Å². The number of anilines is 1. The number of benzene rings is 3. The minimum atomic E-state index is -0.315. The lowest BCUT2D eigenvalue weighted by Gasteiger charge is -2.37. The van der Waals surface area contributed by atoms with Crippen LogP contribution in [0.15, 0.2) is 89.1 Å². The molecule has 5 rings (SSSR count). The van der Waals surface area contributed by atoms with Gasteiger partial charge in [0.25, 0.3) is 5.89 Å². The average molecular weight is 473 g/mol. The maximum atomic E-state index is 13.6. The van der Waals surface area contributed by atoms with Crippen molar-refractivity contribution in [3.63, 3.8) is 0 Å². The number of aromatic nitrogens is 2. The van der Waals surface area contributed by atoms with Crippen LogP contribution in [0.25, 0.3) is 17.0 Å². The third-order valence-electron chi connectivity index (χ3n) is 5.71. The summed E-state index contributed by atoms with van der Waals surface area (Å²) in [5.41, 5.74) is 4.14. The molecule has 6 nitrogen and oxygen atoms in total. The second kappa shape index (κ2) is 9.07. The summed E-state index contributed by atoms with van der Waals surface area (Å²) in [5.74, 6) is 1.27. The summed E-state index contributed by atoms with van der Waals surface area (Å²) in [4.78, 5) is 6.55. The van der Waals surface area contributed by atoms with Crippen molar-refractivity contribution in [2.45, 2.75) is 13.0 Å². The van der Waals surface area contributed by atoms with E-state index in [2.05, 4.69) is 10.5 Å². The van der Waals surface area contributed by atoms with Crippen LogP contribution in [-0.4, -0.2) is 22.4 Å². The molecule has 0 fully saturated rings. The van der Waals surface area contributed by atoms with E-state index in [0.717, 1.165) is 33.8 Å². The van der Waals surface area contributed by atoms with Crippen molar-refractivity contribution in [2.24, 2.45) is 0 Å². The molecule has 1 unspecified atom stereocenters. The molecule has 0 saturated heterocycles. The molecule has 170 valence electrons. The summed E-state index contributed by atoms with van der Waals surface area (Å²) in [6, 6.07) is 23.3. The van der Waals surface area contributed by atoms with Crippen LogP contribution in [0.5, 0.6) is 5.75 Å². The molecule has 1 aromatic heterocycles. The Bertz CT molecular complexity index is 1350. The van der Waals surface area contributed by atoms with Crippen LogP contribution >= 0.6 is 12.2 Å². The number of halogens is 1. The molecule has 0 bridgehead atoms. The highest BCUT2D eigenvalue weighted by Crippen LogP contribution is 2.39. The molecule has 0 amide bonds. The van der Waals surface area contributed by atoms with Gasteiger partial charge in [-0.3, -0.25) is 4.90 Å². The summed E-state index contributed by atoms with van der Waals surface area (Å²) < 4.78 is 24.6. The Balaban J connectivity index is 1.62. The van der Waals surface area contributed by atoms with E-state index >= 15 is 0 Å². The zero-order valence-electron chi connectivity index (χ0n) is 18.5. The van der Waals surface area contributed by atoms with Gasteiger partial charge in [-0.05, 0) is 73.2 Å². The molecule has 0 spiro atoms. The fourth-order valence-electron chi connectivity index (χ4n) is 4.01. The molecule has 1 atom stereocenters. The second-order valence-corrected chi connectivity index (χ2v) is 8.14.